The second-order valence-corrected chi connectivity index (χ2v) is 4.00. The van der Waals surface area contributed by atoms with Gasteiger partial charge in [-0.15, -0.1) is 0 Å². The summed E-state index contributed by atoms with van der Waals surface area (Å²) in [5.41, 5.74) is -0.0155. The number of nitriles is 1. The highest BCUT2D eigenvalue weighted by atomic mass is 19.1. The number of amides is 1. The maximum Gasteiger partial charge on any atom is 0.338 e. The van der Waals surface area contributed by atoms with E-state index >= 15 is 0 Å². The Bertz CT molecular complexity index is 751. The van der Waals surface area contributed by atoms with Crippen molar-refractivity contribution in [3.8, 4) is 6.07 Å². The molecule has 1 amide bonds. The number of anilines is 1. The molecule has 0 aliphatic heterocycles. The summed E-state index contributed by atoms with van der Waals surface area (Å²) >= 11 is 0. The first-order chi connectivity index (χ1) is 10.0. The average molecular weight is 285 g/mol. The van der Waals surface area contributed by atoms with E-state index in [-0.39, 0.29) is 11.4 Å². The van der Waals surface area contributed by atoms with Crippen LogP contribution >= 0.6 is 0 Å². The smallest absolute Gasteiger partial charge is 0.338 e. The van der Waals surface area contributed by atoms with Crippen LogP contribution in [0.1, 0.15) is 26.4 Å². The number of carbonyl (C=O) groups excluding carboxylic acids is 1. The molecule has 0 aliphatic rings. The lowest BCUT2D eigenvalue weighted by Crippen LogP contribution is -2.14. The minimum Gasteiger partial charge on any atom is -0.478 e. The number of nitrogens with one attached hydrogen (secondary N) is 1. The molecule has 0 radical (unpaired) electrons. The van der Waals surface area contributed by atoms with E-state index in [9.17, 15) is 14.0 Å². The van der Waals surface area contributed by atoms with Gasteiger partial charge in [-0.3, -0.25) is 4.79 Å². The van der Waals surface area contributed by atoms with E-state index < -0.39 is 23.3 Å². The topological polar surface area (TPSA) is 103 Å². The highest BCUT2D eigenvalue weighted by Crippen LogP contribution is 2.15. The van der Waals surface area contributed by atoms with Crippen molar-refractivity contribution in [1.82, 2.24) is 4.98 Å². The molecular formula is C14H8FN3O3. The van der Waals surface area contributed by atoms with Crippen molar-refractivity contribution in [2.75, 3.05) is 5.32 Å². The molecule has 0 atom stereocenters. The number of rotatable bonds is 3. The maximum absolute atomic E-state index is 13.5. The summed E-state index contributed by atoms with van der Waals surface area (Å²) in [5.74, 6) is -2.94. The third kappa shape index (κ3) is 3.19. The van der Waals surface area contributed by atoms with Crippen LogP contribution in [0.25, 0.3) is 0 Å². The predicted octanol–water partition coefficient (Wildman–Crippen LogP) is 2.04. The fourth-order valence-electron chi connectivity index (χ4n) is 1.56. The van der Waals surface area contributed by atoms with Crippen LogP contribution in [-0.4, -0.2) is 22.0 Å². The lowest BCUT2D eigenvalue weighted by atomic mass is 10.2. The Kier molecular flexibility index (Phi) is 3.90. The molecule has 0 unspecified atom stereocenters. The van der Waals surface area contributed by atoms with Crippen molar-refractivity contribution in [3.05, 3.63) is 59.2 Å². The minimum absolute atomic E-state index is 0.0525. The minimum atomic E-state index is -1.39. The van der Waals surface area contributed by atoms with Gasteiger partial charge in [-0.25, -0.2) is 14.2 Å². The number of nitrogens with zero attached hydrogens (tertiary/aromatic N) is 2. The van der Waals surface area contributed by atoms with Gasteiger partial charge in [-0.2, -0.15) is 5.26 Å². The van der Waals surface area contributed by atoms with Crippen molar-refractivity contribution in [2.45, 2.75) is 0 Å². The molecular weight excluding hydrogens is 277 g/mol. The number of benzene rings is 1. The van der Waals surface area contributed by atoms with E-state index in [2.05, 4.69) is 10.3 Å². The van der Waals surface area contributed by atoms with Gasteiger partial charge in [-0.1, -0.05) is 0 Å². The number of pyridine rings is 1. The quantitative estimate of drug-likeness (QED) is 0.898. The molecule has 104 valence electrons. The number of carbonyl (C=O) groups is 2. The van der Waals surface area contributed by atoms with Crippen molar-refractivity contribution < 1.29 is 19.1 Å². The summed E-state index contributed by atoms with van der Waals surface area (Å²) in [5, 5.41) is 19.7. The van der Waals surface area contributed by atoms with E-state index in [4.69, 9.17) is 10.4 Å². The molecule has 2 N–H and O–H groups in total. The molecule has 0 aliphatic carbocycles. The Hall–Kier alpha value is -3.27. The summed E-state index contributed by atoms with van der Waals surface area (Å²) in [6, 6.07) is 7.89. The molecule has 2 rings (SSSR count). The Morgan fingerprint density at radius 3 is 2.57 bits per heavy atom. The highest BCUT2D eigenvalue weighted by Gasteiger charge is 2.13. The van der Waals surface area contributed by atoms with Gasteiger partial charge < -0.3 is 10.4 Å². The van der Waals surface area contributed by atoms with E-state index in [0.29, 0.717) is 5.56 Å². The molecule has 0 spiro atoms. The zero-order valence-electron chi connectivity index (χ0n) is 10.5. The van der Waals surface area contributed by atoms with Crippen LogP contribution in [0, 0.1) is 17.1 Å². The van der Waals surface area contributed by atoms with E-state index in [0.717, 1.165) is 12.1 Å². The van der Waals surface area contributed by atoms with Crippen LogP contribution in [0.2, 0.25) is 0 Å². The predicted molar refractivity (Wildman–Crippen MR) is 70.3 cm³/mol. The van der Waals surface area contributed by atoms with E-state index in [1.54, 1.807) is 0 Å². The molecule has 6 nitrogen and oxygen atoms in total. The van der Waals surface area contributed by atoms with Crippen molar-refractivity contribution in [1.29, 1.82) is 5.26 Å². The van der Waals surface area contributed by atoms with Gasteiger partial charge >= 0.3 is 5.97 Å². The van der Waals surface area contributed by atoms with Crippen molar-refractivity contribution in [3.63, 3.8) is 0 Å². The molecule has 0 saturated heterocycles. The van der Waals surface area contributed by atoms with Gasteiger partial charge in [0.05, 0.1) is 11.1 Å². The molecule has 2 aromatic rings. The number of halogens is 1. The Morgan fingerprint density at radius 1 is 1.29 bits per heavy atom. The monoisotopic (exact) mass is 285 g/mol. The molecule has 21 heavy (non-hydrogen) atoms. The molecule has 7 heteroatoms. The summed E-state index contributed by atoms with van der Waals surface area (Å²) in [6.45, 7) is 0. The fourth-order valence-corrected chi connectivity index (χ4v) is 1.56. The van der Waals surface area contributed by atoms with Crippen molar-refractivity contribution in [2.24, 2.45) is 0 Å². The lowest BCUT2D eigenvalue weighted by Gasteiger charge is -2.06. The lowest BCUT2D eigenvalue weighted by molar-refractivity contribution is 0.0692. The zero-order chi connectivity index (χ0) is 15.4. The standard InChI is InChI=1S/C14H8FN3O3/c15-11-5-9(2-3-10(11)14(20)21)18-13(19)12-4-1-8(6-16)7-17-12/h1-5,7H,(H,18,19)(H,20,21). The highest BCUT2D eigenvalue weighted by molar-refractivity contribution is 6.03. The number of aromatic nitrogens is 1. The molecule has 1 aromatic carbocycles. The number of aromatic carboxylic acids is 1. The van der Waals surface area contributed by atoms with Crippen LogP contribution in [0.3, 0.4) is 0 Å². The fraction of sp³-hybridized carbons (Fsp3) is 0. The van der Waals surface area contributed by atoms with Crippen LogP contribution in [0.4, 0.5) is 10.1 Å². The van der Waals surface area contributed by atoms with Gasteiger partial charge in [0.1, 0.15) is 17.6 Å². The van der Waals surface area contributed by atoms with Crippen LogP contribution in [0.15, 0.2) is 36.5 Å². The van der Waals surface area contributed by atoms with Crippen LogP contribution < -0.4 is 5.32 Å². The van der Waals surface area contributed by atoms with Crippen LogP contribution in [0.5, 0.6) is 0 Å². The summed E-state index contributed by atoms with van der Waals surface area (Å²) in [7, 11) is 0. The first-order valence-corrected chi connectivity index (χ1v) is 5.71. The third-order valence-corrected chi connectivity index (χ3v) is 2.58. The Balaban J connectivity index is 2.17. The first kappa shape index (κ1) is 14.1. The molecule has 1 aromatic heterocycles. The number of hydrogen-bond acceptors (Lipinski definition) is 4. The van der Waals surface area contributed by atoms with Crippen molar-refractivity contribution >= 4 is 17.6 Å². The number of carboxylic acids is 1. The van der Waals surface area contributed by atoms with E-state index in [1.165, 1.54) is 24.4 Å². The second-order valence-electron chi connectivity index (χ2n) is 4.00. The summed E-state index contributed by atoms with van der Waals surface area (Å²) in [6.07, 6.45) is 1.24. The van der Waals surface area contributed by atoms with E-state index in [1.807, 2.05) is 6.07 Å². The van der Waals surface area contributed by atoms with Gasteiger partial charge in [0.15, 0.2) is 0 Å². The Morgan fingerprint density at radius 2 is 2.05 bits per heavy atom. The zero-order valence-corrected chi connectivity index (χ0v) is 10.5. The van der Waals surface area contributed by atoms with Gasteiger partial charge in [0.25, 0.3) is 5.91 Å². The third-order valence-electron chi connectivity index (χ3n) is 2.58. The van der Waals surface area contributed by atoms with Gasteiger partial charge in [0.2, 0.25) is 0 Å². The second kappa shape index (κ2) is 5.79. The first-order valence-electron chi connectivity index (χ1n) is 5.71. The molecule has 0 fully saturated rings. The SMILES string of the molecule is N#Cc1ccc(C(=O)Nc2ccc(C(=O)O)c(F)c2)nc1. The molecule has 0 bridgehead atoms. The number of hydrogen-bond donors (Lipinski definition) is 2. The summed E-state index contributed by atoms with van der Waals surface area (Å²) in [4.78, 5) is 26.3. The normalized spacial score (nSPS) is 9.71. The van der Waals surface area contributed by atoms with Crippen LogP contribution in [-0.2, 0) is 0 Å². The van der Waals surface area contributed by atoms with Gasteiger partial charge in [-0.05, 0) is 30.3 Å². The average Bonchev–Trinajstić information content (AvgIpc) is 2.47. The molecule has 1 heterocycles. The summed E-state index contributed by atoms with van der Waals surface area (Å²) < 4.78 is 13.5. The number of carboxylic acid groups (broad SMARTS) is 1. The largest absolute Gasteiger partial charge is 0.478 e. The molecule has 0 saturated carbocycles. The maximum atomic E-state index is 13.5. The Labute approximate surface area is 118 Å². The van der Waals surface area contributed by atoms with Gasteiger partial charge in [0, 0.05) is 11.9 Å².